The molecule has 0 unspecified atom stereocenters. The second-order valence-electron chi connectivity index (χ2n) is 9.15. The Morgan fingerprint density at radius 3 is 1.41 bits per heavy atom. The Hall–Kier alpha value is -4.98. The van der Waals surface area contributed by atoms with Gasteiger partial charge in [0, 0.05) is 53.7 Å². The molecule has 6 heterocycles. The Morgan fingerprint density at radius 2 is 0.973 bits per heavy atom. The molecule has 0 aromatic carbocycles. The quantitative estimate of drug-likeness (QED) is 0.319. The van der Waals surface area contributed by atoms with Gasteiger partial charge in [-0.15, -0.1) is 0 Å². The molecule has 6 aromatic heterocycles. The minimum Gasteiger partial charge on any atom is -0.265 e. The highest BCUT2D eigenvalue weighted by atomic mass is 15.3. The molecule has 0 saturated heterocycles. The van der Waals surface area contributed by atoms with Gasteiger partial charge in [0.15, 0.2) is 11.6 Å². The molecule has 180 valence electrons. The van der Waals surface area contributed by atoms with E-state index in [1.54, 1.807) is 34.2 Å². The number of aromatic nitrogens is 8. The first kappa shape index (κ1) is 22.5. The van der Waals surface area contributed by atoms with Gasteiger partial charge in [-0.1, -0.05) is 12.1 Å². The third-order valence-electron chi connectivity index (χ3n) is 6.35. The molecule has 0 spiro atoms. The molecule has 0 fully saturated rings. The van der Waals surface area contributed by atoms with Crippen LogP contribution in [0.4, 0.5) is 0 Å². The van der Waals surface area contributed by atoms with E-state index in [0.29, 0.717) is 0 Å². The predicted molar refractivity (Wildman–Crippen MR) is 141 cm³/mol. The van der Waals surface area contributed by atoms with Crippen LogP contribution in [0.15, 0.2) is 110 Å². The summed E-state index contributed by atoms with van der Waals surface area (Å²) in [6, 6.07) is 23.7. The van der Waals surface area contributed by atoms with Crippen LogP contribution < -0.4 is 0 Å². The zero-order valence-corrected chi connectivity index (χ0v) is 20.5. The Balaban J connectivity index is 1.30. The molecule has 37 heavy (non-hydrogen) atoms. The first-order valence-electron chi connectivity index (χ1n) is 12.0. The van der Waals surface area contributed by atoms with E-state index in [0.717, 1.165) is 45.5 Å². The minimum absolute atomic E-state index is 0.450. The van der Waals surface area contributed by atoms with Gasteiger partial charge < -0.3 is 0 Å². The lowest BCUT2D eigenvalue weighted by molar-refractivity contribution is 0.588. The Bertz CT molecular complexity index is 1530. The van der Waals surface area contributed by atoms with Crippen molar-refractivity contribution in [2.45, 2.75) is 19.3 Å². The molecule has 0 bridgehead atoms. The highest BCUT2D eigenvalue weighted by Gasteiger charge is 2.27. The van der Waals surface area contributed by atoms with Crippen molar-refractivity contribution >= 4 is 0 Å². The molecule has 0 aliphatic rings. The molecule has 0 radical (unpaired) electrons. The second-order valence-corrected chi connectivity index (χ2v) is 9.15. The largest absolute Gasteiger partial charge is 0.265 e. The molecular formula is C29H24N8. The summed E-state index contributed by atoms with van der Waals surface area (Å²) in [7, 11) is 0. The van der Waals surface area contributed by atoms with Crippen molar-refractivity contribution in [2.75, 3.05) is 0 Å². The van der Waals surface area contributed by atoms with Crippen molar-refractivity contribution in [3.63, 3.8) is 0 Å². The molecule has 0 aliphatic carbocycles. The SMILES string of the molecule is CC(C)(c1cccc(-n2ccc(-c3ccncc3)n2)n1)c1cccc(-n2ccc(-c3ccncc3)n2)n1. The van der Waals surface area contributed by atoms with Crippen LogP contribution in [-0.2, 0) is 5.41 Å². The van der Waals surface area contributed by atoms with Crippen LogP contribution in [0.5, 0.6) is 0 Å². The third kappa shape index (κ3) is 4.40. The van der Waals surface area contributed by atoms with Crippen LogP contribution in [0.3, 0.4) is 0 Å². The minimum atomic E-state index is -0.450. The maximum Gasteiger partial charge on any atom is 0.153 e. The number of rotatable bonds is 6. The zero-order chi connectivity index (χ0) is 25.2. The predicted octanol–water partition coefficient (Wildman–Crippen LogP) is 5.30. The van der Waals surface area contributed by atoms with E-state index in [1.165, 1.54) is 0 Å². The van der Waals surface area contributed by atoms with Crippen molar-refractivity contribution in [1.29, 1.82) is 0 Å². The third-order valence-corrected chi connectivity index (χ3v) is 6.35. The Labute approximate surface area is 214 Å². The first-order valence-corrected chi connectivity index (χ1v) is 12.0. The molecule has 6 aromatic rings. The average molecular weight is 485 g/mol. The van der Waals surface area contributed by atoms with Crippen LogP contribution in [-0.4, -0.2) is 39.5 Å². The van der Waals surface area contributed by atoms with Crippen molar-refractivity contribution in [1.82, 2.24) is 39.5 Å². The average Bonchev–Trinajstić information content (AvgIpc) is 3.65. The van der Waals surface area contributed by atoms with Crippen molar-refractivity contribution in [3.8, 4) is 34.2 Å². The summed E-state index contributed by atoms with van der Waals surface area (Å²) in [5, 5.41) is 9.45. The summed E-state index contributed by atoms with van der Waals surface area (Å²) in [5.41, 5.74) is 5.10. The molecule has 6 rings (SSSR count). The lowest BCUT2D eigenvalue weighted by atomic mass is 9.84. The van der Waals surface area contributed by atoms with Crippen LogP contribution in [0, 0.1) is 0 Å². The number of nitrogens with zero attached hydrogens (tertiary/aromatic N) is 8. The van der Waals surface area contributed by atoms with Gasteiger partial charge in [-0.05, 0) is 74.5 Å². The molecule has 0 amide bonds. The first-order chi connectivity index (χ1) is 18.1. The van der Waals surface area contributed by atoms with Gasteiger partial charge in [0.05, 0.1) is 22.8 Å². The second kappa shape index (κ2) is 9.23. The molecule has 8 nitrogen and oxygen atoms in total. The van der Waals surface area contributed by atoms with Gasteiger partial charge in [-0.3, -0.25) is 9.97 Å². The van der Waals surface area contributed by atoms with Crippen LogP contribution in [0.25, 0.3) is 34.2 Å². The molecule has 0 N–H and O–H groups in total. The van der Waals surface area contributed by atoms with Crippen molar-refractivity contribution in [2.24, 2.45) is 0 Å². The Morgan fingerprint density at radius 1 is 0.541 bits per heavy atom. The molecule has 8 heteroatoms. The summed E-state index contributed by atoms with van der Waals surface area (Å²) in [4.78, 5) is 18.1. The number of hydrogen-bond donors (Lipinski definition) is 0. The van der Waals surface area contributed by atoms with Gasteiger partial charge in [0.2, 0.25) is 0 Å². The van der Waals surface area contributed by atoms with E-state index in [-0.39, 0.29) is 0 Å². The Kier molecular flexibility index (Phi) is 5.61. The zero-order valence-electron chi connectivity index (χ0n) is 20.5. The highest BCUT2D eigenvalue weighted by Crippen LogP contribution is 2.30. The smallest absolute Gasteiger partial charge is 0.153 e. The highest BCUT2D eigenvalue weighted by molar-refractivity contribution is 5.58. The number of pyridine rings is 4. The van der Waals surface area contributed by atoms with E-state index >= 15 is 0 Å². The fourth-order valence-corrected chi connectivity index (χ4v) is 4.19. The topological polar surface area (TPSA) is 87.2 Å². The molecule has 0 aliphatic heterocycles. The molecule has 0 saturated carbocycles. The maximum absolute atomic E-state index is 4.96. The van der Waals surface area contributed by atoms with Crippen LogP contribution >= 0.6 is 0 Å². The monoisotopic (exact) mass is 484 g/mol. The van der Waals surface area contributed by atoms with Gasteiger partial charge in [-0.2, -0.15) is 10.2 Å². The lowest BCUT2D eigenvalue weighted by Crippen LogP contribution is -2.23. The van der Waals surface area contributed by atoms with Crippen LogP contribution in [0.1, 0.15) is 25.2 Å². The van der Waals surface area contributed by atoms with Crippen LogP contribution in [0.2, 0.25) is 0 Å². The molecule has 0 atom stereocenters. The van der Waals surface area contributed by atoms with Gasteiger partial charge in [-0.25, -0.2) is 19.3 Å². The van der Waals surface area contributed by atoms with E-state index < -0.39 is 5.41 Å². The van der Waals surface area contributed by atoms with E-state index in [9.17, 15) is 0 Å². The van der Waals surface area contributed by atoms with E-state index in [4.69, 9.17) is 20.2 Å². The fraction of sp³-hybridized carbons (Fsp3) is 0.103. The standard InChI is InChI=1S/C29H24N8/c1-29(2,25-5-3-7-27(32-25)36-19-13-23(34-36)21-9-15-30-16-10-21)26-6-4-8-28(33-26)37-20-14-24(35-37)22-11-17-31-18-12-22/h3-20H,1-2H3. The maximum atomic E-state index is 4.96. The van der Waals surface area contributed by atoms with Crippen molar-refractivity contribution < 1.29 is 0 Å². The van der Waals surface area contributed by atoms with E-state index in [2.05, 4.69) is 23.8 Å². The van der Waals surface area contributed by atoms with Gasteiger partial charge in [0.25, 0.3) is 0 Å². The number of hydrogen-bond acceptors (Lipinski definition) is 6. The lowest BCUT2D eigenvalue weighted by Gasteiger charge is -2.24. The summed E-state index contributed by atoms with van der Waals surface area (Å²) < 4.78 is 3.59. The normalized spacial score (nSPS) is 11.5. The summed E-state index contributed by atoms with van der Waals surface area (Å²) in [6.07, 6.45) is 10.9. The van der Waals surface area contributed by atoms with Gasteiger partial charge >= 0.3 is 0 Å². The summed E-state index contributed by atoms with van der Waals surface area (Å²) >= 11 is 0. The van der Waals surface area contributed by atoms with E-state index in [1.807, 2.05) is 85.2 Å². The summed E-state index contributed by atoms with van der Waals surface area (Å²) in [6.45, 7) is 4.25. The summed E-state index contributed by atoms with van der Waals surface area (Å²) in [5.74, 6) is 1.49. The van der Waals surface area contributed by atoms with Gasteiger partial charge in [0.1, 0.15) is 0 Å². The molecular weight excluding hydrogens is 460 g/mol. The fourth-order valence-electron chi connectivity index (χ4n) is 4.19. The van der Waals surface area contributed by atoms with Crippen molar-refractivity contribution in [3.05, 3.63) is 121 Å².